The molecule has 14 atom stereocenters. The Balaban J connectivity index is 1.27. The number of fused-ring (bicyclic) bond motifs is 15. The Morgan fingerprint density at radius 2 is 1.21 bits per heavy atom. The first kappa shape index (κ1) is 78.1. The molecule has 11 rings (SSSR count). The summed E-state index contributed by atoms with van der Waals surface area (Å²) in [4.78, 5) is 117. The second kappa shape index (κ2) is 34.9. The van der Waals surface area contributed by atoms with Crippen molar-refractivity contribution < 1.29 is 98.2 Å². The zero-order valence-corrected chi connectivity index (χ0v) is 58.5. The summed E-state index contributed by atoms with van der Waals surface area (Å²) in [7, 11) is 1.50. The lowest BCUT2D eigenvalue weighted by Crippen LogP contribution is -2.64. The number of nitrogens with one attached hydrogen (secondary N) is 8. The van der Waals surface area contributed by atoms with Gasteiger partial charge in [-0.25, -0.2) is 0 Å². The molecule has 0 spiro atoms. The van der Waals surface area contributed by atoms with E-state index < -0.39 is 191 Å². The number of primary amides is 2. The first-order valence-electron chi connectivity index (χ1n) is 34.1. The predicted octanol–water partition coefficient (Wildman–Crippen LogP) is 3.79. The number of aliphatic hydroxyl groups is 5. The summed E-state index contributed by atoms with van der Waals surface area (Å²) in [5.41, 5.74) is 9.44. The number of halogens is 2. The van der Waals surface area contributed by atoms with Crippen molar-refractivity contribution in [3.63, 3.8) is 0 Å². The molecule has 32 heteroatoms. The van der Waals surface area contributed by atoms with E-state index in [-0.39, 0.29) is 68.2 Å². The van der Waals surface area contributed by atoms with Gasteiger partial charge in [-0.15, -0.1) is 0 Å². The second-order valence-corrected chi connectivity index (χ2v) is 27.2. The van der Waals surface area contributed by atoms with Crippen LogP contribution in [0, 0.1) is 5.92 Å². The van der Waals surface area contributed by atoms with Gasteiger partial charge in [-0.3, -0.25) is 38.4 Å². The summed E-state index contributed by atoms with van der Waals surface area (Å²) in [5.74, 6) is -14.2. The summed E-state index contributed by atoms with van der Waals surface area (Å²) in [6.07, 6.45) is -1.46. The van der Waals surface area contributed by atoms with Gasteiger partial charge < -0.3 is 114 Å². The number of hydrogen-bond acceptors (Lipinski definition) is 22. The minimum absolute atomic E-state index is 0.0720. The maximum absolute atomic E-state index is 16.0. The molecule has 8 amide bonds. The van der Waals surface area contributed by atoms with E-state index in [1.807, 2.05) is 13.8 Å². The lowest BCUT2D eigenvalue weighted by molar-refractivity contribution is -0.245. The molecule has 5 aromatic rings. The Bertz CT molecular complexity index is 3960. The largest absolute Gasteiger partial charge is 0.508 e. The van der Waals surface area contributed by atoms with Crippen LogP contribution in [0.25, 0.3) is 11.1 Å². The number of benzene rings is 5. The normalized spacial score (nSPS) is 24.6. The van der Waals surface area contributed by atoms with Gasteiger partial charge in [0.25, 0.3) is 0 Å². The van der Waals surface area contributed by atoms with E-state index in [1.54, 1.807) is 0 Å². The highest BCUT2D eigenvalue weighted by molar-refractivity contribution is 6.32. The number of phenolic OH excluding ortho intramolecular Hbond substituents is 3. The SMILES string of the molecule is CCCCCCCCCCCCN[C@H]1[C@H](Oc2c3cc4cc2Oc2ccc(cc2Cl)[C@@H](O)[C@@H](NC(=O)[C@@H](CC(C)C)NC)C(=O)N[C@@H](CC(N)=O)C(=O)N[C@H]4C(=O)N[C@H]2C(=O)N[C@H](C(=O)NC(C(N)=O)c4cc(O)cc(O)c4-c4cc2ccc4O)[C@H](O)c2ccc(c(Cl)c2)O3)O[C@H](CO)[C@@H](O)[C@@H]1O. The molecule has 6 aliphatic rings. The van der Waals surface area contributed by atoms with Gasteiger partial charge in [0.1, 0.15) is 95.5 Å². The molecule has 5 aromatic carbocycles. The van der Waals surface area contributed by atoms with Crippen LogP contribution in [-0.4, -0.2) is 163 Å². The van der Waals surface area contributed by atoms with E-state index in [0.717, 1.165) is 93.5 Å². The third kappa shape index (κ3) is 18.7. The molecule has 0 aliphatic carbocycles. The van der Waals surface area contributed by atoms with Crippen LogP contribution in [-0.2, 0) is 43.1 Å². The molecule has 1 saturated heterocycles. The lowest BCUT2D eigenvalue weighted by atomic mass is 9.89. The summed E-state index contributed by atoms with van der Waals surface area (Å²) >= 11 is 14.2. The number of unbranched alkanes of at least 4 members (excludes halogenated alkanes) is 9. The fourth-order valence-electron chi connectivity index (χ4n) is 12.9. The van der Waals surface area contributed by atoms with E-state index in [1.165, 1.54) is 50.2 Å². The first-order valence-corrected chi connectivity index (χ1v) is 34.8. The van der Waals surface area contributed by atoms with Gasteiger partial charge in [-0.2, -0.15) is 0 Å². The van der Waals surface area contributed by atoms with Gasteiger partial charge in [0, 0.05) is 17.2 Å². The minimum Gasteiger partial charge on any atom is -0.508 e. The van der Waals surface area contributed by atoms with Crippen molar-refractivity contribution in [3.8, 4) is 57.1 Å². The van der Waals surface area contributed by atoms with Gasteiger partial charge >= 0.3 is 0 Å². The molecular weight excluding hydrogens is 1380 g/mol. The fourth-order valence-corrected chi connectivity index (χ4v) is 13.3. The molecule has 1 unspecified atom stereocenters. The summed E-state index contributed by atoms with van der Waals surface area (Å²) in [6, 6.07) is -0.425. The highest BCUT2D eigenvalue weighted by Crippen LogP contribution is 2.49. The predicted molar refractivity (Wildman–Crippen MR) is 372 cm³/mol. The molecule has 20 N–H and O–H groups in total. The zero-order valence-electron chi connectivity index (χ0n) is 57.0. The summed E-state index contributed by atoms with van der Waals surface area (Å²) in [5, 5.41) is 113. The highest BCUT2D eigenvalue weighted by atomic mass is 35.5. The molecule has 0 saturated carbocycles. The highest BCUT2D eigenvalue weighted by Gasteiger charge is 2.47. The van der Waals surface area contributed by atoms with Gasteiger partial charge in [0.05, 0.1) is 35.2 Å². The van der Waals surface area contributed by atoms with Crippen LogP contribution < -0.4 is 68.2 Å². The molecule has 103 heavy (non-hydrogen) atoms. The minimum atomic E-state index is -2.26. The third-order valence-electron chi connectivity index (χ3n) is 18.4. The average molecular weight is 1470 g/mol. The number of likely N-dealkylation sites (N-methyl/N-ethyl adjacent to an activating group) is 1. The monoisotopic (exact) mass is 1470 g/mol. The number of carbonyl (C=O) groups is 8. The first-order chi connectivity index (χ1) is 49.1. The van der Waals surface area contributed by atoms with E-state index in [4.69, 9.17) is 53.6 Å². The molecule has 556 valence electrons. The van der Waals surface area contributed by atoms with Crippen molar-refractivity contribution in [2.75, 3.05) is 20.2 Å². The van der Waals surface area contributed by atoms with Crippen LogP contribution in [0.4, 0.5) is 0 Å². The zero-order chi connectivity index (χ0) is 74.7. The van der Waals surface area contributed by atoms with E-state index >= 15 is 14.4 Å². The van der Waals surface area contributed by atoms with Crippen molar-refractivity contribution in [3.05, 3.63) is 117 Å². The fraction of sp³-hybridized carbons (Fsp3) is 0.465. The molecule has 11 bridgehead atoms. The second-order valence-electron chi connectivity index (χ2n) is 26.4. The third-order valence-corrected chi connectivity index (χ3v) is 19.0. The van der Waals surface area contributed by atoms with Crippen LogP contribution >= 0.6 is 23.2 Å². The van der Waals surface area contributed by atoms with Crippen molar-refractivity contribution in [1.29, 1.82) is 0 Å². The van der Waals surface area contributed by atoms with Crippen molar-refractivity contribution in [1.82, 2.24) is 42.5 Å². The number of ether oxygens (including phenoxy) is 4. The van der Waals surface area contributed by atoms with Crippen molar-refractivity contribution in [2.45, 2.75) is 183 Å². The van der Waals surface area contributed by atoms with Crippen LogP contribution in [0.15, 0.2) is 78.9 Å². The van der Waals surface area contributed by atoms with Gasteiger partial charge in [-0.1, -0.05) is 120 Å². The average Bonchev–Trinajstić information content (AvgIpc) is 0.770. The Hall–Kier alpha value is -9.08. The molecular formula is C71H88Cl2N10O20. The molecule has 0 aromatic heterocycles. The smallest absolute Gasteiger partial charge is 0.248 e. The van der Waals surface area contributed by atoms with Crippen LogP contribution in [0.3, 0.4) is 0 Å². The Morgan fingerprint density at radius 1 is 0.631 bits per heavy atom. The molecule has 1 fully saturated rings. The Kier molecular flexibility index (Phi) is 26.5. The van der Waals surface area contributed by atoms with Gasteiger partial charge in [0.2, 0.25) is 59.3 Å². The van der Waals surface area contributed by atoms with E-state index in [2.05, 4.69) is 49.5 Å². The van der Waals surface area contributed by atoms with Crippen LogP contribution in [0.5, 0.6) is 46.0 Å². The number of nitrogens with two attached hydrogens (primary N) is 2. The number of hydrogen-bond donors (Lipinski definition) is 18. The van der Waals surface area contributed by atoms with Crippen LogP contribution in [0.2, 0.25) is 10.0 Å². The molecule has 6 heterocycles. The molecule has 30 nitrogen and oxygen atoms in total. The van der Waals surface area contributed by atoms with E-state index in [9.17, 15) is 64.8 Å². The number of aliphatic hydroxyl groups excluding tert-OH is 5. The summed E-state index contributed by atoms with van der Waals surface area (Å²) in [6.45, 7) is 5.24. The molecule has 6 aliphatic heterocycles. The number of amides is 8. The molecule has 0 radical (unpaired) electrons. The maximum Gasteiger partial charge on any atom is 0.248 e. The topological polar surface area (TPSA) is 484 Å². The standard InChI is InChI=1S/C71H88Cl2N10O20/c1-5-6-7-8-9-10-11-12-13-14-21-77-58-62(92)61(91)50(31-84)102-71(58)103-63-48-26-36-27-49(63)101-47-20-17-35(25-41(47)73)60(90)57-70(99)81-55(64(75)93)39-28-37(85)29-45(87)52(39)38-23-33(15-18-44(38)86)53(67(96)83-57)80-68(97)54(36)79-66(95)43(30-51(74)88)78-69(98)56(82-65(94)42(76-4)22-32(2)3)59(89)34-16-19-46(100-48)40(72)24-34/h15-20,23-29,32,42-43,50,53-62,71,76-77,84-87,89-92H,5-14,21-22,30-31H2,1-4H3,(H2,74,88)(H2,75,93)(H,78,98)(H,79,95)(H,80,97)(H,81,99)(H,82,94)(H,83,96)/t42-,43+,50-,53-,54-,55?,56-,57+,58-,59-,60-,61-,62-,71+/m1/s1. The number of phenols is 3. The van der Waals surface area contributed by atoms with E-state index in [0.29, 0.717) is 6.42 Å². The Morgan fingerprint density at radius 3 is 1.80 bits per heavy atom. The quantitative estimate of drug-likeness (QED) is 0.0414. The Labute approximate surface area is 602 Å². The number of carbonyl (C=O) groups excluding carboxylic acids is 8. The van der Waals surface area contributed by atoms with Crippen LogP contribution in [0.1, 0.15) is 156 Å². The number of rotatable bonds is 23. The van der Waals surface area contributed by atoms with Gasteiger partial charge in [0.15, 0.2) is 11.5 Å². The summed E-state index contributed by atoms with van der Waals surface area (Å²) < 4.78 is 26.4. The van der Waals surface area contributed by atoms with Crippen molar-refractivity contribution in [2.24, 2.45) is 17.4 Å². The van der Waals surface area contributed by atoms with Gasteiger partial charge in [-0.05, 0) is 115 Å². The lowest BCUT2D eigenvalue weighted by Gasteiger charge is -2.42. The number of aromatic hydroxyl groups is 3. The maximum atomic E-state index is 16.0. The van der Waals surface area contributed by atoms with Crippen molar-refractivity contribution >= 4 is 70.5 Å².